The highest BCUT2D eigenvalue weighted by Gasteiger charge is 2.16. The first kappa shape index (κ1) is 14.1. The van der Waals surface area contributed by atoms with Gasteiger partial charge in [-0.15, -0.1) is 0 Å². The second-order valence-electron chi connectivity index (χ2n) is 4.31. The van der Waals surface area contributed by atoms with E-state index in [0.29, 0.717) is 12.4 Å². The first-order valence-electron chi connectivity index (χ1n) is 6.10. The van der Waals surface area contributed by atoms with E-state index in [0.717, 1.165) is 35.6 Å². The van der Waals surface area contributed by atoms with Crippen LogP contribution in [-0.2, 0) is 9.53 Å². The normalized spacial score (nSPS) is 19.5. The Hall–Kier alpha value is -1.33. The number of benzene rings is 1. The zero-order chi connectivity index (χ0) is 13.7. The summed E-state index contributed by atoms with van der Waals surface area (Å²) in [6.07, 6.45) is 4.62. The van der Waals surface area contributed by atoms with Crippen LogP contribution in [0.3, 0.4) is 0 Å². The smallest absolute Gasteiger partial charge is 0.328 e. The van der Waals surface area contributed by atoms with Crippen molar-refractivity contribution >= 4 is 28.0 Å². The molecule has 1 N–H and O–H groups in total. The number of aliphatic carboxylic acids is 1. The average molecular weight is 327 g/mol. The Labute approximate surface area is 120 Å². The van der Waals surface area contributed by atoms with Gasteiger partial charge in [-0.1, -0.05) is 15.9 Å². The lowest BCUT2D eigenvalue weighted by atomic mass is 10.1. The molecule has 1 fully saturated rings. The van der Waals surface area contributed by atoms with Crippen molar-refractivity contribution < 1.29 is 19.4 Å². The van der Waals surface area contributed by atoms with E-state index >= 15 is 0 Å². The molecular weight excluding hydrogens is 312 g/mol. The van der Waals surface area contributed by atoms with Gasteiger partial charge in [-0.2, -0.15) is 0 Å². The largest absolute Gasteiger partial charge is 0.487 e. The summed E-state index contributed by atoms with van der Waals surface area (Å²) >= 11 is 3.37. The molecule has 0 amide bonds. The summed E-state index contributed by atoms with van der Waals surface area (Å²) in [5, 5.41) is 8.70. The van der Waals surface area contributed by atoms with Gasteiger partial charge >= 0.3 is 5.97 Å². The van der Waals surface area contributed by atoms with Gasteiger partial charge in [-0.3, -0.25) is 0 Å². The standard InChI is InChI=1S/C14H15BrO4/c15-11-4-5-13(10(8-11)3-6-14(16)17)19-12-2-1-7-18-9-12/h3-6,8,12H,1-2,7,9H2,(H,16,17)/b6-3+. The van der Waals surface area contributed by atoms with Crippen LogP contribution in [-0.4, -0.2) is 30.4 Å². The van der Waals surface area contributed by atoms with Crippen LogP contribution in [0.15, 0.2) is 28.7 Å². The molecule has 2 rings (SSSR count). The van der Waals surface area contributed by atoms with Crippen LogP contribution < -0.4 is 4.74 Å². The first-order chi connectivity index (χ1) is 9.15. The molecule has 0 saturated carbocycles. The second-order valence-corrected chi connectivity index (χ2v) is 5.23. The Balaban J connectivity index is 2.15. The van der Waals surface area contributed by atoms with Crippen LogP contribution in [0.2, 0.25) is 0 Å². The fraction of sp³-hybridized carbons (Fsp3) is 0.357. The molecule has 0 radical (unpaired) electrons. The zero-order valence-electron chi connectivity index (χ0n) is 10.3. The summed E-state index contributed by atoms with van der Waals surface area (Å²) in [6.45, 7) is 1.37. The van der Waals surface area contributed by atoms with E-state index in [1.54, 1.807) is 0 Å². The van der Waals surface area contributed by atoms with E-state index in [1.807, 2.05) is 18.2 Å². The van der Waals surface area contributed by atoms with Crippen molar-refractivity contribution in [2.24, 2.45) is 0 Å². The van der Waals surface area contributed by atoms with Crippen molar-refractivity contribution in [3.8, 4) is 5.75 Å². The molecule has 102 valence electrons. The van der Waals surface area contributed by atoms with E-state index in [4.69, 9.17) is 14.6 Å². The summed E-state index contributed by atoms with van der Waals surface area (Å²) in [5.74, 6) is -0.303. The number of hydrogen-bond donors (Lipinski definition) is 1. The number of halogens is 1. The van der Waals surface area contributed by atoms with Gasteiger partial charge in [-0.25, -0.2) is 4.79 Å². The first-order valence-corrected chi connectivity index (χ1v) is 6.89. The van der Waals surface area contributed by atoms with Crippen molar-refractivity contribution in [1.29, 1.82) is 0 Å². The minimum Gasteiger partial charge on any atom is -0.487 e. The average Bonchev–Trinajstić information content (AvgIpc) is 2.40. The molecular formula is C14H15BrO4. The van der Waals surface area contributed by atoms with Crippen molar-refractivity contribution in [1.82, 2.24) is 0 Å². The molecule has 19 heavy (non-hydrogen) atoms. The Morgan fingerprint density at radius 2 is 2.37 bits per heavy atom. The molecule has 1 aromatic rings. The van der Waals surface area contributed by atoms with E-state index in [-0.39, 0.29) is 6.10 Å². The third kappa shape index (κ3) is 4.36. The molecule has 1 unspecified atom stereocenters. The summed E-state index contributed by atoms with van der Waals surface area (Å²) in [4.78, 5) is 10.6. The van der Waals surface area contributed by atoms with Crippen LogP contribution in [0.1, 0.15) is 18.4 Å². The van der Waals surface area contributed by atoms with Crippen LogP contribution in [0.25, 0.3) is 6.08 Å². The third-order valence-electron chi connectivity index (χ3n) is 2.79. The topological polar surface area (TPSA) is 55.8 Å². The lowest BCUT2D eigenvalue weighted by Crippen LogP contribution is -2.28. The quantitative estimate of drug-likeness (QED) is 0.864. The number of ether oxygens (including phenoxy) is 2. The molecule has 1 heterocycles. The Morgan fingerprint density at radius 3 is 3.05 bits per heavy atom. The molecule has 0 aliphatic carbocycles. The van der Waals surface area contributed by atoms with Gasteiger partial charge in [0.05, 0.1) is 6.61 Å². The molecule has 4 nitrogen and oxygen atoms in total. The molecule has 1 aromatic carbocycles. The maximum Gasteiger partial charge on any atom is 0.328 e. The molecule has 1 atom stereocenters. The number of hydrogen-bond acceptors (Lipinski definition) is 3. The molecule has 0 aromatic heterocycles. The maximum absolute atomic E-state index is 10.6. The van der Waals surface area contributed by atoms with E-state index < -0.39 is 5.97 Å². The monoisotopic (exact) mass is 326 g/mol. The third-order valence-corrected chi connectivity index (χ3v) is 3.28. The van der Waals surface area contributed by atoms with E-state index in [9.17, 15) is 4.79 Å². The Kier molecular flexibility index (Phi) is 4.99. The minimum absolute atomic E-state index is 0.0342. The van der Waals surface area contributed by atoms with Crippen LogP contribution in [0.4, 0.5) is 0 Å². The van der Waals surface area contributed by atoms with Crippen LogP contribution in [0, 0.1) is 0 Å². The maximum atomic E-state index is 10.6. The SMILES string of the molecule is O=C(O)/C=C/c1cc(Br)ccc1OC1CCCOC1. The summed E-state index contributed by atoms with van der Waals surface area (Å²) in [7, 11) is 0. The lowest BCUT2D eigenvalue weighted by Gasteiger charge is -2.24. The number of carboxylic acids is 1. The van der Waals surface area contributed by atoms with Gasteiger partial charge in [0.25, 0.3) is 0 Å². The predicted octanol–water partition coefficient (Wildman–Crippen LogP) is 3.10. The Bertz CT molecular complexity index is 478. The highest BCUT2D eigenvalue weighted by atomic mass is 79.9. The lowest BCUT2D eigenvalue weighted by molar-refractivity contribution is -0.131. The molecule has 1 saturated heterocycles. The van der Waals surface area contributed by atoms with Crippen LogP contribution >= 0.6 is 15.9 Å². The van der Waals surface area contributed by atoms with Crippen molar-refractivity contribution in [3.63, 3.8) is 0 Å². The number of rotatable bonds is 4. The van der Waals surface area contributed by atoms with Gasteiger partial charge in [-0.05, 0) is 37.1 Å². The number of carboxylic acid groups (broad SMARTS) is 1. The summed E-state index contributed by atoms with van der Waals surface area (Å²) in [5.41, 5.74) is 0.738. The number of carbonyl (C=O) groups is 1. The van der Waals surface area contributed by atoms with Gasteiger partial charge in [0, 0.05) is 22.7 Å². The summed E-state index contributed by atoms with van der Waals surface area (Å²) in [6, 6.07) is 5.54. The van der Waals surface area contributed by atoms with Gasteiger partial charge in [0.1, 0.15) is 11.9 Å². The van der Waals surface area contributed by atoms with E-state index in [1.165, 1.54) is 6.08 Å². The highest BCUT2D eigenvalue weighted by Crippen LogP contribution is 2.26. The molecule has 1 aliphatic heterocycles. The fourth-order valence-electron chi connectivity index (χ4n) is 1.90. The minimum atomic E-state index is -0.980. The molecule has 0 bridgehead atoms. The molecule has 5 heteroatoms. The van der Waals surface area contributed by atoms with Crippen molar-refractivity contribution in [2.75, 3.05) is 13.2 Å². The fourth-order valence-corrected chi connectivity index (χ4v) is 2.28. The van der Waals surface area contributed by atoms with Gasteiger partial charge in [0.15, 0.2) is 0 Å². The highest BCUT2D eigenvalue weighted by molar-refractivity contribution is 9.10. The van der Waals surface area contributed by atoms with Crippen molar-refractivity contribution in [2.45, 2.75) is 18.9 Å². The predicted molar refractivity (Wildman–Crippen MR) is 75.3 cm³/mol. The zero-order valence-corrected chi connectivity index (χ0v) is 11.9. The van der Waals surface area contributed by atoms with Crippen molar-refractivity contribution in [3.05, 3.63) is 34.3 Å². The van der Waals surface area contributed by atoms with Crippen LogP contribution in [0.5, 0.6) is 5.75 Å². The summed E-state index contributed by atoms with van der Waals surface area (Å²) < 4.78 is 12.1. The van der Waals surface area contributed by atoms with Gasteiger partial charge in [0.2, 0.25) is 0 Å². The molecule has 1 aliphatic rings. The van der Waals surface area contributed by atoms with E-state index in [2.05, 4.69) is 15.9 Å². The Morgan fingerprint density at radius 1 is 1.53 bits per heavy atom. The second kappa shape index (κ2) is 6.73. The molecule has 0 spiro atoms. The van der Waals surface area contributed by atoms with Gasteiger partial charge < -0.3 is 14.6 Å².